The third kappa shape index (κ3) is 5.02. The van der Waals surface area contributed by atoms with Gasteiger partial charge in [-0.3, -0.25) is 4.79 Å². The molecule has 0 unspecified atom stereocenters. The van der Waals surface area contributed by atoms with Gasteiger partial charge in [0.25, 0.3) is 5.91 Å². The number of nitrogens with zero attached hydrogens (tertiary/aromatic N) is 3. The van der Waals surface area contributed by atoms with Gasteiger partial charge < -0.3 is 24.4 Å². The van der Waals surface area contributed by atoms with E-state index in [1.807, 2.05) is 20.8 Å². The Morgan fingerprint density at radius 2 is 1.77 bits per heavy atom. The number of β-amino-alcohol motifs (C(OH)–C–C–N with tert-alkyl or cyclic N) is 1. The predicted molar refractivity (Wildman–Crippen MR) is 137 cm³/mol. The van der Waals surface area contributed by atoms with E-state index in [1.54, 1.807) is 12.0 Å². The van der Waals surface area contributed by atoms with Gasteiger partial charge in [0, 0.05) is 39.6 Å². The van der Waals surface area contributed by atoms with Crippen LogP contribution >= 0.6 is 0 Å². The Morgan fingerprint density at radius 1 is 1.06 bits per heavy atom. The number of ether oxygens (including phenoxy) is 2. The van der Waals surface area contributed by atoms with Gasteiger partial charge in [0.2, 0.25) is 0 Å². The average molecular weight is 482 g/mol. The maximum Gasteiger partial charge on any atom is 0.256 e. The lowest BCUT2D eigenvalue weighted by Gasteiger charge is -2.34. The summed E-state index contributed by atoms with van der Waals surface area (Å²) in [5.41, 5.74) is 6.33. The van der Waals surface area contributed by atoms with E-state index in [-0.39, 0.29) is 24.7 Å². The first-order valence-electron chi connectivity index (χ1n) is 12.9. The van der Waals surface area contributed by atoms with E-state index < -0.39 is 0 Å². The number of amides is 1. The molecular formula is C28H39N3O4. The molecule has 2 aromatic rings. The zero-order valence-electron chi connectivity index (χ0n) is 21.8. The molecule has 190 valence electrons. The molecule has 0 bridgehead atoms. The van der Waals surface area contributed by atoms with Crippen LogP contribution in [0.15, 0.2) is 18.2 Å². The van der Waals surface area contributed by atoms with Crippen LogP contribution in [0, 0.1) is 13.8 Å². The van der Waals surface area contributed by atoms with Gasteiger partial charge in [-0.25, -0.2) is 4.98 Å². The zero-order valence-corrected chi connectivity index (χ0v) is 21.8. The Hall–Kier alpha value is -2.64. The molecule has 3 heterocycles. The molecule has 1 atom stereocenters. The molecule has 0 spiro atoms. The van der Waals surface area contributed by atoms with Crippen molar-refractivity contribution in [1.29, 1.82) is 0 Å². The summed E-state index contributed by atoms with van der Waals surface area (Å²) in [7, 11) is 1.78. The summed E-state index contributed by atoms with van der Waals surface area (Å²) in [5.74, 6) is 1.91. The molecular weight excluding hydrogens is 442 g/mol. The molecule has 0 radical (unpaired) electrons. The van der Waals surface area contributed by atoms with Crippen molar-refractivity contribution in [2.24, 2.45) is 0 Å². The number of carbonyl (C=O) groups is 1. The number of aliphatic hydroxyl groups is 1. The van der Waals surface area contributed by atoms with Gasteiger partial charge in [0.1, 0.15) is 17.7 Å². The van der Waals surface area contributed by atoms with Crippen LogP contribution in [-0.2, 0) is 24.1 Å². The van der Waals surface area contributed by atoms with Crippen LogP contribution in [0.1, 0.15) is 65.0 Å². The topological polar surface area (TPSA) is 75.1 Å². The van der Waals surface area contributed by atoms with Crippen LogP contribution in [-0.4, -0.2) is 66.5 Å². The molecule has 35 heavy (non-hydrogen) atoms. The number of benzene rings is 1. The number of aliphatic hydroxyl groups excluding tert-OH is 1. The van der Waals surface area contributed by atoms with Crippen LogP contribution in [0.2, 0.25) is 0 Å². The molecule has 7 heteroatoms. The minimum Gasteiger partial charge on any atom is -0.490 e. The smallest absolute Gasteiger partial charge is 0.256 e. The summed E-state index contributed by atoms with van der Waals surface area (Å²) in [4.78, 5) is 21.6. The normalized spacial score (nSPS) is 19.4. The summed E-state index contributed by atoms with van der Waals surface area (Å²) in [6.45, 7) is 10.6. The Labute approximate surface area is 209 Å². The number of pyridine rings is 1. The summed E-state index contributed by atoms with van der Waals surface area (Å²) < 4.78 is 11.9. The molecule has 2 aliphatic heterocycles. The Balaban J connectivity index is 0.00000141. The summed E-state index contributed by atoms with van der Waals surface area (Å²) >= 11 is 0. The highest BCUT2D eigenvalue weighted by molar-refractivity contribution is 6.00. The highest BCUT2D eigenvalue weighted by Crippen LogP contribution is 2.33. The van der Waals surface area contributed by atoms with E-state index in [0.29, 0.717) is 13.1 Å². The number of rotatable bonds is 6. The second-order valence-corrected chi connectivity index (χ2v) is 9.46. The van der Waals surface area contributed by atoms with Crippen LogP contribution in [0.4, 0.5) is 5.82 Å². The van der Waals surface area contributed by atoms with Gasteiger partial charge in [0.15, 0.2) is 0 Å². The van der Waals surface area contributed by atoms with Crippen LogP contribution in [0.3, 0.4) is 0 Å². The highest BCUT2D eigenvalue weighted by Gasteiger charge is 2.33. The summed E-state index contributed by atoms with van der Waals surface area (Å²) in [5, 5.41) is 9.27. The molecule has 0 saturated carbocycles. The van der Waals surface area contributed by atoms with Gasteiger partial charge in [-0.15, -0.1) is 0 Å². The fraction of sp³-hybridized carbons (Fsp3) is 0.571. The van der Waals surface area contributed by atoms with Crippen molar-refractivity contribution in [2.75, 3.05) is 38.3 Å². The number of hydrogen-bond donors (Lipinski definition) is 1. The first kappa shape index (κ1) is 25.5. The monoisotopic (exact) mass is 481 g/mol. The number of carbonyl (C=O) groups excluding carboxylic acids is 1. The third-order valence-electron chi connectivity index (χ3n) is 7.46. The standard InChI is InChI=1S/C26H33N3O4.C2H6/c1-16-17(2)25(27-23-15-29(10-11-30)26(31)24(16)23)28-8-6-20(7-9-28)33-21-5-4-18-12-22(32-3)14-19(18)13-21;1-2/h4-5,13,20,22,30H,6-12,14-15H2,1-3H3;1-2H3/t22-;/m0./s1. The largest absolute Gasteiger partial charge is 0.490 e. The van der Waals surface area contributed by atoms with E-state index in [1.165, 1.54) is 11.1 Å². The molecule has 7 nitrogen and oxygen atoms in total. The lowest BCUT2D eigenvalue weighted by Crippen LogP contribution is -2.39. The predicted octanol–water partition coefficient (Wildman–Crippen LogP) is 3.83. The SMILES string of the molecule is CC.CO[C@H]1Cc2ccc(OC3CCN(c4nc5c(c(C)c4C)C(=O)N(CCO)C5)CC3)cc2C1. The van der Waals surface area contributed by atoms with Crippen molar-refractivity contribution in [1.82, 2.24) is 9.88 Å². The lowest BCUT2D eigenvalue weighted by atomic mass is 10.0. The maximum absolute atomic E-state index is 12.7. The first-order valence-corrected chi connectivity index (χ1v) is 12.9. The van der Waals surface area contributed by atoms with E-state index in [4.69, 9.17) is 14.5 Å². The maximum atomic E-state index is 12.7. The molecule has 1 N–H and O–H groups in total. The number of methoxy groups -OCH3 is 1. The fourth-order valence-electron chi connectivity index (χ4n) is 5.43. The van der Waals surface area contributed by atoms with Crippen molar-refractivity contribution >= 4 is 11.7 Å². The van der Waals surface area contributed by atoms with Crippen LogP contribution in [0.5, 0.6) is 5.75 Å². The minimum absolute atomic E-state index is 0.0167. The van der Waals surface area contributed by atoms with Crippen molar-refractivity contribution in [3.05, 3.63) is 51.7 Å². The summed E-state index contributed by atoms with van der Waals surface area (Å²) in [6.07, 6.45) is 4.30. The number of piperidine rings is 1. The highest BCUT2D eigenvalue weighted by atomic mass is 16.5. The summed E-state index contributed by atoms with van der Waals surface area (Å²) in [6, 6.07) is 6.46. The third-order valence-corrected chi connectivity index (χ3v) is 7.46. The molecule has 1 aromatic heterocycles. The number of anilines is 1. The Bertz CT molecular complexity index is 1060. The van der Waals surface area contributed by atoms with E-state index >= 15 is 0 Å². The fourth-order valence-corrected chi connectivity index (χ4v) is 5.43. The minimum atomic E-state index is -0.0324. The molecule has 1 fully saturated rings. The van der Waals surface area contributed by atoms with E-state index in [9.17, 15) is 9.90 Å². The van der Waals surface area contributed by atoms with Crippen molar-refractivity contribution < 1.29 is 19.4 Å². The number of aromatic nitrogens is 1. The van der Waals surface area contributed by atoms with Crippen molar-refractivity contribution in [3.8, 4) is 5.75 Å². The van der Waals surface area contributed by atoms with Crippen molar-refractivity contribution in [2.45, 2.75) is 72.1 Å². The second kappa shape index (κ2) is 11.0. The Morgan fingerprint density at radius 3 is 2.46 bits per heavy atom. The van der Waals surface area contributed by atoms with E-state index in [2.05, 4.69) is 30.0 Å². The number of hydrogen-bond acceptors (Lipinski definition) is 6. The van der Waals surface area contributed by atoms with Gasteiger partial charge >= 0.3 is 0 Å². The van der Waals surface area contributed by atoms with Crippen LogP contribution < -0.4 is 9.64 Å². The first-order chi connectivity index (χ1) is 17.0. The van der Waals surface area contributed by atoms with Crippen LogP contribution in [0.25, 0.3) is 0 Å². The molecule has 1 aromatic carbocycles. The Kier molecular flexibility index (Phi) is 7.97. The molecule has 3 aliphatic rings. The molecule has 1 aliphatic carbocycles. The quantitative estimate of drug-likeness (QED) is 0.676. The van der Waals surface area contributed by atoms with Gasteiger partial charge in [0.05, 0.1) is 30.5 Å². The van der Waals surface area contributed by atoms with Gasteiger partial charge in [-0.2, -0.15) is 0 Å². The molecule has 5 rings (SSSR count). The zero-order chi connectivity index (χ0) is 25.1. The van der Waals surface area contributed by atoms with Gasteiger partial charge in [-0.05, 0) is 61.1 Å². The number of fused-ring (bicyclic) bond motifs is 2. The van der Waals surface area contributed by atoms with Gasteiger partial charge in [-0.1, -0.05) is 19.9 Å². The lowest BCUT2D eigenvalue weighted by molar-refractivity contribution is 0.0744. The average Bonchev–Trinajstić information content (AvgIpc) is 3.43. The van der Waals surface area contributed by atoms with E-state index in [0.717, 1.165) is 72.7 Å². The van der Waals surface area contributed by atoms with Crippen molar-refractivity contribution in [3.63, 3.8) is 0 Å². The molecule has 1 saturated heterocycles. The molecule has 1 amide bonds. The second-order valence-electron chi connectivity index (χ2n) is 9.46.